The molecule has 2 aromatic carbocycles. The summed E-state index contributed by atoms with van der Waals surface area (Å²) >= 11 is 3.43. The van der Waals surface area contributed by atoms with Gasteiger partial charge >= 0.3 is 5.97 Å². The van der Waals surface area contributed by atoms with Crippen LogP contribution in [0.1, 0.15) is 29.5 Å². The van der Waals surface area contributed by atoms with Crippen molar-refractivity contribution in [3.05, 3.63) is 69.7 Å². The number of hydrogen-bond donors (Lipinski definition) is 1. The molecule has 1 aliphatic carbocycles. The molecule has 102 valence electrons. The first-order valence-corrected chi connectivity index (χ1v) is 7.47. The highest BCUT2D eigenvalue weighted by atomic mass is 79.9. The van der Waals surface area contributed by atoms with Crippen LogP contribution >= 0.6 is 15.9 Å². The van der Waals surface area contributed by atoms with E-state index in [0.717, 1.165) is 34.9 Å². The molecular formula is C17H15BrO2. The Morgan fingerprint density at radius 1 is 1.10 bits per heavy atom. The topological polar surface area (TPSA) is 37.3 Å². The summed E-state index contributed by atoms with van der Waals surface area (Å²) in [6.45, 7) is 0. The molecule has 0 radical (unpaired) electrons. The monoisotopic (exact) mass is 330 g/mol. The third kappa shape index (κ3) is 2.50. The van der Waals surface area contributed by atoms with Crippen molar-refractivity contribution in [1.29, 1.82) is 0 Å². The Hall–Kier alpha value is -1.61. The number of hydrogen-bond acceptors (Lipinski definition) is 1. The largest absolute Gasteiger partial charge is 0.481 e. The Balaban J connectivity index is 1.85. The molecule has 0 amide bonds. The molecule has 1 N–H and O–H groups in total. The highest BCUT2D eigenvalue weighted by Crippen LogP contribution is 2.48. The first-order valence-electron chi connectivity index (χ1n) is 6.67. The van der Waals surface area contributed by atoms with Crippen molar-refractivity contribution in [2.45, 2.75) is 24.7 Å². The lowest BCUT2D eigenvalue weighted by molar-refractivity contribution is -0.140. The van der Waals surface area contributed by atoms with Gasteiger partial charge in [-0.3, -0.25) is 4.79 Å². The van der Waals surface area contributed by atoms with Crippen LogP contribution in [0.4, 0.5) is 0 Å². The van der Waals surface area contributed by atoms with E-state index >= 15 is 0 Å². The summed E-state index contributed by atoms with van der Waals surface area (Å²) in [5.41, 5.74) is 2.72. The van der Waals surface area contributed by atoms with E-state index < -0.39 is 11.4 Å². The Morgan fingerprint density at radius 3 is 2.40 bits per heavy atom. The van der Waals surface area contributed by atoms with Crippen LogP contribution in [0.25, 0.3) is 0 Å². The molecule has 2 aromatic rings. The molecule has 3 rings (SSSR count). The van der Waals surface area contributed by atoms with E-state index in [1.165, 1.54) is 5.56 Å². The fourth-order valence-electron chi connectivity index (χ4n) is 2.57. The van der Waals surface area contributed by atoms with Crippen LogP contribution in [0.15, 0.2) is 53.0 Å². The van der Waals surface area contributed by atoms with Gasteiger partial charge in [-0.15, -0.1) is 0 Å². The molecule has 0 saturated heterocycles. The first-order chi connectivity index (χ1) is 9.60. The SMILES string of the molecule is O=C(O)C1(c2cccc(Cc3ccc(Br)cc3)c2)CC1. The van der Waals surface area contributed by atoms with Crippen molar-refractivity contribution < 1.29 is 9.90 Å². The molecule has 0 spiro atoms. The Bertz CT molecular complexity index is 642. The van der Waals surface area contributed by atoms with Crippen LogP contribution in [0.5, 0.6) is 0 Å². The molecule has 0 aliphatic heterocycles. The maximum Gasteiger partial charge on any atom is 0.314 e. The molecule has 0 unspecified atom stereocenters. The van der Waals surface area contributed by atoms with E-state index in [9.17, 15) is 9.90 Å². The van der Waals surface area contributed by atoms with E-state index in [2.05, 4.69) is 34.1 Å². The highest BCUT2D eigenvalue weighted by Gasteiger charge is 2.51. The number of rotatable bonds is 4. The molecule has 1 saturated carbocycles. The summed E-state index contributed by atoms with van der Waals surface area (Å²) in [6.07, 6.45) is 2.34. The van der Waals surface area contributed by atoms with Crippen molar-refractivity contribution >= 4 is 21.9 Å². The second kappa shape index (κ2) is 5.06. The van der Waals surface area contributed by atoms with Gasteiger partial charge in [-0.05, 0) is 48.1 Å². The van der Waals surface area contributed by atoms with Gasteiger partial charge in [-0.2, -0.15) is 0 Å². The smallest absolute Gasteiger partial charge is 0.314 e. The predicted octanol–water partition coefficient (Wildman–Crippen LogP) is 4.16. The van der Waals surface area contributed by atoms with E-state index in [4.69, 9.17) is 0 Å². The van der Waals surface area contributed by atoms with Crippen LogP contribution in [0.3, 0.4) is 0 Å². The zero-order chi connectivity index (χ0) is 14.2. The zero-order valence-corrected chi connectivity index (χ0v) is 12.6. The summed E-state index contributed by atoms with van der Waals surface area (Å²) in [6, 6.07) is 16.2. The van der Waals surface area contributed by atoms with Gasteiger partial charge in [0.1, 0.15) is 0 Å². The van der Waals surface area contributed by atoms with Crippen molar-refractivity contribution in [2.75, 3.05) is 0 Å². The molecule has 1 aliphatic rings. The summed E-state index contributed by atoms with van der Waals surface area (Å²) in [4.78, 5) is 11.4. The van der Waals surface area contributed by atoms with Crippen LogP contribution in [0.2, 0.25) is 0 Å². The zero-order valence-electron chi connectivity index (χ0n) is 11.0. The second-order valence-electron chi connectivity index (χ2n) is 5.39. The van der Waals surface area contributed by atoms with E-state index in [0.29, 0.717) is 0 Å². The minimum absolute atomic E-state index is 0.615. The van der Waals surface area contributed by atoms with Crippen LogP contribution in [0, 0.1) is 0 Å². The number of carboxylic acid groups (broad SMARTS) is 1. The molecular weight excluding hydrogens is 316 g/mol. The van der Waals surface area contributed by atoms with Crippen molar-refractivity contribution in [3.8, 4) is 0 Å². The van der Waals surface area contributed by atoms with Crippen LogP contribution in [-0.4, -0.2) is 11.1 Å². The van der Waals surface area contributed by atoms with Gasteiger partial charge in [0.2, 0.25) is 0 Å². The number of aliphatic carboxylic acids is 1. The number of halogens is 1. The highest BCUT2D eigenvalue weighted by molar-refractivity contribution is 9.10. The van der Waals surface area contributed by atoms with E-state index in [-0.39, 0.29) is 0 Å². The van der Waals surface area contributed by atoms with Crippen molar-refractivity contribution in [2.24, 2.45) is 0 Å². The number of benzene rings is 2. The standard InChI is InChI=1S/C17H15BrO2/c18-15-6-4-12(5-7-15)10-13-2-1-3-14(11-13)17(8-9-17)16(19)20/h1-7,11H,8-10H2,(H,19,20). The van der Waals surface area contributed by atoms with Gasteiger partial charge in [0, 0.05) is 4.47 Å². The van der Waals surface area contributed by atoms with Gasteiger partial charge in [-0.25, -0.2) is 0 Å². The molecule has 0 aromatic heterocycles. The molecule has 0 atom stereocenters. The summed E-state index contributed by atoms with van der Waals surface area (Å²) in [5.74, 6) is -0.696. The number of carbonyl (C=O) groups is 1. The van der Waals surface area contributed by atoms with E-state index in [1.807, 2.05) is 30.3 Å². The van der Waals surface area contributed by atoms with Crippen LogP contribution < -0.4 is 0 Å². The fourth-order valence-corrected chi connectivity index (χ4v) is 2.83. The van der Waals surface area contributed by atoms with Gasteiger partial charge in [0.05, 0.1) is 5.41 Å². The lowest BCUT2D eigenvalue weighted by Gasteiger charge is -2.12. The van der Waals surface area contributed by atoms with Gasteiger partial charge < -0.3 is 5.11 Å². The quantitative estimate of drug-likeness (QED) is 0.914. The first kappa shape index (κ1) is 13.4. The lowest BCUT2D eigenvalue weighted by Crippen LogP contribution is -2.19. The fraction of sp³-hybridized carbons (Fsp3) is 0.235. The summed E-state index contributed by atoms with van der Waals surface area (Å²) in [7, 11) is 0. The molecule has 0 heterocycles. The molecule has 3 heteroatoms. The normalized spacial score (nSPS) is 15.8. The minimum atomic E-state index is -0.696. The predicted molar refractivity (Wildman–Crippen MR) is 81.9 cm³/mol. The Morgan fingerprint density at radius 2 is 1.80 bits per heavy atom. The second-order valence-corrected chi connectivity index (χ2v) is 6.31. The summed E-state index contributed by atoms with van der Waals surface area (Å²) < 4.78 is 1.07. The Kier molecular flexibility index (Phi) is 3.38. The molecule has 1 fully saturated rings. The average molecular weight is 331 g/mol. The molecule has 2 nitrogen and oxygen atoms in total. The lowest BCUT2D eigenvalue weighted by atomic mass is 9.93. The maximum atomic E-state index is 11.4. The van der Waals surface area contributed by atoms with Crippen molar-refractivity contribution in [3.63, 3.8) is 0 Å². The van der Waals surface area contributed by atoms with Gasteiger partial charge in [0.25, 0.3) is 0 Å². The maximum absolute atomic E-state index is 11.4. The van der Waals surface area contributed by atoms with Gasteiger partial charge in [-0.1, -0.05) is 52.3 Å². The third-order valence-corrected chi connectivity index (χ3v) is 4.49. The average Bonchev–Trinajstić information content (AvgIpc) is 3.23. The molecule has 20 heavy (non-hydrogen) atoms. The van der Waals surface area contributed by atoms with E-state index in [1.54, 1.807) is 0 Å². The van der Waals surface area contributed by atoms with Gasteiger partial charge in [0.15, 0.2) is 0 Å². The summed E-state index contributed by atoms with van der Waals surface area (Å²) in [5, 5.41) is 9.36. The molecule has 0 bridgehead atoms. The minimum Gasteiger partial charge on any atom is -0.481 e. The third-order valence-electron chi connectivity index (χ3n) is 3.96. The number of carboxylic acids is 1. The van der Waals surface area contributed by atoms with Crippen molar-refractivity contribution in [1.82, 2.24) is 0 Å². The van der Waals surface area contributed by atoms with Crippen LogP contribution in [-0.2, 0) is 16.6 Å². The Labute approximate surface area is 126 Å².